The quantitative estimate of drug-likeness (QED) is 0.344. The van der Waals surface area contributed by atoms with Gasteiger partial charge in [-0.2, -0.15) is 0 Å². The molecule has 19 heavy (non-hydrogen) atoms. The molecule has 1 rings (SSSR count). The van der Waals surface area contributed by atoms with E-state index >= 15 is 0 Å². The van der Waals surface area contributed by atoms with Gasteiger partial charge in [0.05, 0.1) is 4.92 Å². The van der Waals surface area contributed by atoms with Crippen LogP contribution in [0.5, 0.6) is 0 Å². The van der Waals surface area contributed by atoms with Gasteiger partial charge < -0.3 is 5.32 Å². The Morgan fingerprint density at radius 2 is 2.00 bits per heavy atom. The van der Waals surface area contributed by atoms with E-state index in [9.17, 15) is 14.9 Å². The number of alkyl halides is 1. The van der Waals surface area contributed by atoms with Crippen LogP contribution in [0.4, 0.5) is 5.69 Å². The number of hydrogen-bond acceptors (Lipinski definition) is 3. The van der Waals surface area contributed by atoms with Gasteiger partial charge >= 0.3 is 0 Å². The molecule has 1 amide bonds. The lowest BCUT2D eigenvalue weighted by Crippen LogP contribution is -2.24. The lowest BCUT2D eigenvalue weighted by molar-refractivity contribution is -0.384. The van der Waals surface area contributed by atoms with E-state index in [0.29, 0.717) is 12.1 Å². The second kappa shape index (κ2) is 8.63. The molecule has 0 radical (unpaired) electrons. The largest absolute Gasteiger partial charge is 0.352 e. The van der Waals surface area contributed by atoms with Crippen LogP contribution in [0.25, 0.3) is 0 Å². The third-order valence-corrected chi connectivity index (χ3v) is 3.23. The Bertz CT molecular complexity index is 438. The molecule has 0 fully saturated rings. The zero-order valence-corrected chi connectivity index (χ0v) is 12.2. The fourth-order valence-electron chi connectivity index (χ4n) is 1.64. The number of hydrogen-bond donors (Lipinski definition) is 1. The second-order valence-corrected chi connectivity index (χ2v) is 4.96. The maximum atomic E-state index is 11.8. The Labute approximate surface area is 120 Å². The Balaban J connectivity index is 2.37. The summed E-state index contributed by atoms with van der Waals surface area (Å²) in [6.07, 6.45) is 4.27. The van der Waals surface area contributed by atoms with Crippen LogP contribution in [0, 0.1) is 10.1 Å². The molecule has 104 valence electrons. The van der Waals surface area contributed by atoms with Crippen LogP contribution in [0.3, 0.4) is 0 Å². The number of amides is 1. The molecule has 0 saturated heterocycles. The summed E-state index contributed by atoms with van der Waals surface area (Å²) in [4.78, 5) is 21.9. The smallest absolute Gasteiger partial charge is 0.270 e. The van der Waals surface area contributed by atoms with Gasteiger partial charge in [0.2, 0.25) is 0 Å². The zero-order valence-electron chi connectivity index (χ0n) is 10.6. The van der Waals surface area contributed by atoms with E-state index in [1.165, 1.54) is 18.2 Å². The highest BCUT2D eigenvalue weighted by Gasteiger charge is 2.10. The summed E-state index contributed by atoms with van der Waals surface area (Å²) < 4.78 is 0. The second-order valence-electron chi connectivity index (χ2n) is 4.17. The molecule has 1 aromatic carbocycles. The van der Waals surface area contributed by atoms with E-state index in [-0.39, 0.29) is 11.6 Å². The summed E-state index contributed by atoms with van der Waals surface area (Å²) in [6, 6.07) is 5.76. The van der Waals surface area contributed by atoms with Gasteiger partial charge in [-0.05, 0) is 18.9 Å². The minimum absolute atomic E-state index is 0.0648. The normalized spacial score (nSPS) is 10.2. The molecular formula is C13H17BrN2O3. The van der Waals surface area contributed by atoms with Gasteiger partial charge in [-0.15, -0.1) is 0 Å². The van der Waals surface area contributed by atoms with E-state index in [1.807, 2.05) is 0 Å². The zero-order chi connectivity index (χ0) is 14.1. The number of unbranched alkanes of at least 4 members (excludes halogenated alkanes) is 3. The maximum Gasteiger partial charge on any atom is 0.270 e. The molecule has 0 aliphatic carbocycles. The maximum absolute atomic E-state index is 11.8. The Hall–Kier alpha value is -1.43. The van der Waals surface area contributed by atoms with Crippen molar-refractivity contribution in [3.05, 3.63) is 39.9 Å². The van der Waals surface area contributed by atoms with Gasteiger partial charge in [-0.25, -0.2) is 0 Å². The van der Waals surface area contributed by atoms with E-state index < -0.39 is 4.92 Å². The first-order valence-corrected chi connectivity index (χ1v) is 7.36. The van der Waals surface area contributed by atoms with Crippen molar-refractivity contribution in [2.24, 2.45) is 0 Å². The molecule has 0 aliphatic heterocycles. The van der Waals surface area contributed by atoms with Gasteiger partial charge in [-0.1, -0.05) is 34.8 Å². The van der Waals surface area contributed by atoms with E-state index in [2.05, 4.69) is 21.2 Å². The predicted octanol–water partition coefficient (Wildman–Crippen LogP) is 3.28. The van der Waals surface area contributed by atoms with Crippen molar-refractivity contribution >= 4 is 27.5 Å². The van der Waals surface area contributed by atoms with Crippen molar-refractivity contribution in [2.75, 3.05) is 11.9 Å². The van der Waals surface area contributed by atoms with Gasteiger partial charge in [0.15, 0.2) is 0 Å². The lowest BCUT2D eigenvalue weighted by Gasteiger charge is -2.05. The summed E-state index contributed by atoms with van der Waals surface area (Å²) in [6.45, 7) is 0.601. The van der Waals surface area contributed by atoms with Gasteiger partial charge in [0, 0.05) is 29.6 Å². The molecule has 6 heteroatoms. The topological polar surface area (TPSA) is 72.2 Å². The minimum Gasteiger partial charge on any atom is -0.352 e. The van der Waals surface area contributed by atoms with E-state index in [4.69, 9.17) is 0 Å². The molecule has 1 N–H and O–H groups in total. The molecular weight excluding hydrogens is 312 g/mol. The molecule has 1 aromatic rings. The minimum atomic E-state index is -0.503. The van der Waals surface area contributed by atoms with Gasteiger partial charge in [0.1, 0.15) is 0 Å². The number of carbonyl (C=O) groups excluding carboxylic acids is 1. The third kappa shape index (κ3) is 5.83. The first-order chi connectivity index (χ1) is 9.15. The molecule has 0 spiro atoms. The number of nitro groups is 1. The lowest BCUT2D eigenvalue weighted by atomic mass is 10.1. The van der Waals surface area contributed by atoms with Gasteiger partial charge in [0.25, 0.3) is 11.6 Å². The molecule has 0 atom stereocenters. The van der Waals surface area contributed by atoms with Gasteiger partial charge in [-0.3, -0.25) is 14.9 Å². The summed E-state index contributed by atoms with van der Waals surface area (Å²) in [7, 11) is 0. The molecule has 0 bridgehead atoms. The standard InChI is InChI=1S/C13H17BrN2O3/c14-8-3-1-2-4-9-15-13(17)11-6-5-7-12(10-11)16(18)19/h5-7,10H,1-4,8-9H2,(H,15,17). The Morgan fingerprint density at radius 3 is 2.68 bits per heavy atom. The number of non-ortho nitro benzene ring substituents is 1. The molecule has 0 aromatic heterocycles. The number of nitrogens with zero attached hydrogens (tertiary/aromatic N) is 1. The third-order valence-electron chi connectivity index (χ3n) is 2.67. The van der Waals surface area contributed by atoms with E-state index in [1.54, 1.807) is 6.07 Å². The average molecular weight is 329 g/mol. The SMILES string of the molecule is O=C(NCCCCCCBr)c1cccc([N+](=O)[O-])c1. The first kappa shape index (κ1) is 15.6. The fraction of sp³-hybridized carbons (Fsp3) is 0.462. The average Bonchev–Trinajstić information content (AvgIpc) is 2.42. The number of halogens is 1. The summed E-state index contributed by atoms with van der Waals surface area (Å²) >= 11 is 3.37. The van der Waals surface area contributed by atoms with E-state index in [0.717, 1.165) is 31.0 Å². The van der Waals surface area contributed by atoms with Crippen LogP contribution in [0.2, 0.25) is 0 Å². The van der Waals surface area contributed by atoms with Crippen molar-refractivity contribution in [1.82, 2.24) is 5.32 Å². The van der Waals surface area contributed by atoms with Crippen molar-refractivity contribution < 1.29 is 9.72 Å². The molecule has 0 aliphatic rings. The summed E-state index contributed by atoms with van der Waals surface area (Å²) in [5.41, 5.74) is 0.264. The highest BCUT2D eigenvalue weighted by atomic mass is 79.9. The number of carbonyl (C=O) groups is 1. The van der Waals surface area contributed by atoms with Crippen LogP contribution < -0.4 is 5.32 Å². The Morgan fingerprint density at radius 1 is 1.26 bits per heavy atom. The highest BCUT2D eigenvalue weighted by molar-refractivity contribution is 9.09. The fourth-order valence-corrected chi connectivity index (χ4v) is 2.03. The monoisotopic (exact) mass is 328 g/mol. The number of nitro benzene ring substituents is 1. The van der Waals surface area contributed by atoms with Crippen LogP contribution in [0.1, 0.15) is 36.0 Å². The summed E-state index contributed by atoms with van der Waals surface area (Å²) in [5, 5.41) is 14.4. The van der Waals surface area contributed by atoms with Crippen molar-refractivity contribution in [3.8, 4) is 0 Å². The van der Waals surface area contributed by atoms with Crippen LogP contribution in [-0.4, -0.2) is 22.7 Å². The van der Waals surface area contributed by atoms with Crippen molar-refractivity contribution in [3.63, 3.8) is 0 Å². The van der Waals surface area contributed by atoms with Crippen LogP contribution >= 0.6 is 15.9 Å². The summed E-state index contributed by atoms with van der Waals surface area (Å²) in [5.74, 6) is -0.260. The predicted molar refractivity (Wildman–Crippen MR) is 77.7 cm³/mol. The molecule has 0 heterocycles. The molecule has 0 unspecified atom stereocenters. The van der Waals surface area contributed by atoms with Crippen LogP contribution in [-0.2, 0) is 0 Å². The van der Waals surface area contributed by atoms with Crippen molar-refractivity contribution in [1.29, 1.82) is 0 Å². The van der Waals surface area contributed by atoms with Crippen molar-refractivity contribution in [2.45, 2.75) is 25.7 Å². The highest BCUT2D eigenvalue weighted by Crippen LogP contribution is 2.12. The number of benzene rings is 1. The molecule has 0 saturated carbocycles. The number of rotatable bonds is 8. The van der Waals surface area contributed by atoms with Crippen LogP contribution in [0.15, 0.2) is 24.3 Å². The number of nitrogens with one attached hydrogen (secondary N) is 1. The Kier molecular flexibility index (Phi) is 7.10. The molecule has 5 nitrogen and oxygen atoms in total. The first-order valence-electron chi connectivity index (χ1n) is 6.24.